The predicted molar refractivity (Wildman–Crippen MR) is 59.5 cm³/mol. The molecule has 0 amide bonds. The Balaban J connectivity index is 2.78. The maximum atomic E-state index is 8.65. The fraction of sp³-hybridized carbons (Fsp3) is 0.500. The molecule has 0 bridgehead atoms. The minimum Gasteiger partial charge on any atom is -0.395 e. The number of rotatable bonds is 5. The second-order valence-electron chi connectivity index (χ2n) is 2.57. The molecule has 3 N–H and O–H groups in total. The molecule has 1 rings (SSSR count). The molecule has 1 aromatic rings. The summed E-state index contributed by atoms with van der Waals surface area (Å²) >= 11 is 3.38. The van der Waals surface area contributed by atoms with Crippen LogP contribution in [0.3, 0.4) is 0 Å². The summed E-state index contributed by atoms with van der Waals surface area (Å²) in [6.07, 6.45) is 1.47. The van der Waals surface area contributed by atoms with Crippen LogP contribution >= 0.6 is 15.9 Å². The molecule has 6 heteroatoms. The van der Waals surface area contributed by atoms with Gasteiger partial charge in [0, 0.05) is 13.1 Å². The van der Waals surface area contributed by atoms with Crippen LogP contribution < -0.4 is 10.6 Å². The van der Waals surface area contributed by atoms with E-state index in [9.17, 15) is 0 Å². The smallest absolute Gasteiger partial charge is 0.146 e. The van der Waals surface area contributed by atoms with E-state index in [-0.39, 0.29) is 6.61 Å². The summed E-state index contributed by atoms with van der Waals surface area (Å²) in [5, 5.41) is 14.7. The van der Waals surface area contributed by atoms with Crippen molar-refractivity contribution < 1.29 is 5.11 Å². The van der Waals surface area contributed by atoms with Gasteiger partial charge >= 0.3 is 0 Å². The van der Waals surface area contributed by atoms with Gasteiger partial charge in [0.2, 0.25) is 0 Å². The third-order valence-electron chi connectivity index (χ3n) is 1.54. The van der Waals surface area contributed by atoms with Crippen molar-refractivity contribution in [1.82, 2.24) is 9.97 Å². The number of aliphatic hydroxyl groups excluding tert-OH is 1. The van der Waals surface area contributed by atoms with Gasteiger partial charge in [0.05, 0.1) is 6.61 Å². The molecule has 0 radical (unpaired) electrons. The number of hydrogen-bond donors (Lipinski definition) is 3. The van der Waals surface area contributed by atoms with Crippen molar-refractivity contribution in [3.05, 3.63) is 10.8 Å². The second kappa shape index (κ2) is 5.77. The van der Waals surface area contributed by atoms with Crippen molar-refractivity contribution in [2.75, 3.05) is 30.3 Å². The van der Waals surface area contributed by atoms with Crippen molar-refractivity contribution in [2.24, 2.45) is 0 Å². The lowest BCUT2D eigenvalue weighted by atomic mass is 10.5. The summed E-state index contributed by atoms with van der Waals surface area (Å²) in [7, 11) is 0. The topological polar surface area (TPSA) is 70.1 Å². The van der Waals surface area contributed by atoms with Gasteiger partial charge in [0.25, 0.3) is 0 Å². The van der Waals surface area contributed by atoms with Crippen LogP contribution in [0.25, 0.3) is 0 Å². The number of aromatic nitrogens is 2. The molecule has 1 aromatic heterocycles. The number of aliphatic hydroxyl groups is 1. The largest absolute Gasteiger partial charge is 0.395 e. The maximum absolute atomic E-state index is 8.65. The zero-order valence-electron chi connectivity index (χ0n) is 7.92. The zero-order chi connectivity index (χ0) is 10.4. The van der Waals surface area contributed by atoms with Crippen LogP contribution in [0.1, 0.15) is 6.92 Å². The molecule has 78 valence electrons. The molecule has 0 aliphatic carbocycles. The van der Waals surface area contributed by atoms with E-state index in [0.29, 0.717) is 12.4 Å². The highest BCUT2D eigenvalue weighted by atomic mass is 79.9. The van der Waals surface area contributed by atoms with Crippen molar-refractivity contribution in [1.29, 1.82) is 0 Å². The quantitative estimate of drug-likeness (QED) is 0.739. The van der Waals surface area contributed by atoms with E-state index in [1.54, 1.807) is 0 Å². The molecule has 0 unspecified atom stereocenters. The van der Waals surface area contributed by atoms with Crippen LogP contribution in [0.2, 0.25) is 0 Å². The third kappa shape index (κ3) is 2.81. The van der Waals surface area contributed by atoms with E-state index in [1.165, 1.54) is 6.33 Å². The Morgan fingerprint density at radius 3 is 2.57 bits per heavy atom. The molecule has 1 heterocycles. The predicted octanol–water partition coefficient (Wildman–Crippen LogP) is 1.08. The van der Waals surface area contributed by atoms with E-state index in [4.69, 9.17) is 5.11 Å². The molecule has 0 aliphatic rings. The number of hydrogen-bond acceptors (Lipinski definition) is 5. The van der Waals surface area contributed by atoms with Gasteiger partial charge in [-0.05, 0) is 22.9 Å². The first-order chi connectivity index (χ1) is 6.79. The Labute approximate surface area is 91.1 Å². The van der Waals surface area contributed by atoms with Gasteiger partial charge in [-0.2, -0.15) is 0 Å². The number of anilines is 2. The van der Waals surface area contributed by atoms with Crippen LogP contribution in [0.5, 0.6) is 0 Å². The van der Waals surface area contributed by atoms with Gasteiger partial charge in [-0.25, -0.2) is 9.97 Å². The lowest BCUT2D eigenvalue weighted by molar-refractivity contribution is 0.311. The van der Waals surface area contributed by atoms with Gasteiger partial charge < -0.3 is 15.7 Å². The molecule has 0 aliphatic heterocycles. The second-order valence-corrected chi connectivity index (χ2v) is 3.36. The van der Waals surface area contributed by atoms with Crippen LogP contribution in [-0.2, 0) is 0 Å². The zero-order valence-corrected chi connectivity index (χ0v) is 9.50. The molecular weight excluding hydrogens is 248 g/mol. The fourth-order valence-electron chi connectivity index (χ4n) is 0.958. The Morgan fingerprint density at radius 2 is 2.00 bits per heavy atom. The fourth-order valence-corrected chi connectivity index (χ4v) is 1.44. The molecule has 0 atom stereocenters. The standard InChI is InChI=1S/C8H13BrN4O/c1-2-10-7-6(9)8(11-3-4-14)13-5-12-7/h5,14H,2-4H2,1H3,(H2,10,11,12,13). The van der Waals surface area contributed by atoms with Gasteiger partial charge in [0.1, 0.15) is 22.4 Å². The summed E-state index contributed by atoms with van der Waals surface area (Å²) in [6, 6.07) is 0. The summed E-state index contributed by atoms with van der Waals surface area (Å²) < 4.78 is 0.787. The van der Waals surface area contributed by atoms with Gasteiger partial charge in [0.15, 0.2) is 0 Å². The van der Waals surface area contributed by atoms with E-state index < -0.39 is 0 Å². The maximum Gasteiger partial charge on any atom is 0.146 e. The molecular formula is C8H13BrN4O. The number of nitrogens with zero attached hydrogens (tertiary/aromatic N) is 2. The minimum absolute atomic E-state index is 0.0764. The van der Waals surface area contributed by atoms with Crippen LogP contribution in [-0.4, -0.2) is 34.8 Å². The summed E-state index contributed by atoms with van der Waals surface area (Å²) in [4.78, 5) is 8.10. The van der Waals surface area contributed by atoms with Gasteiger partial charge in [-0.1, -0.05) is 0 Å². The molecule has 0 spiro atoms. The van der Waals surface area contributed by atoms with Crippen LogP contribution in [0, 0.1) is 0 Å². The van der Waals surface area contributed by atoms with Crippen molar-refractivity contribution in [3.63, 3.8) is 0 Å². The highest BCUT2D eigenvalue weighted by molar-refractivity contribution is 9.10. The van der Waals surface area contributed by atoms with E-state index in [1.807, 2.05) is 6.92 Å². The first-order valence-corrected chi connectivity index (χ1v) is 5.18. The van der Waals surface area contributed by atoms with Gasteiger partial charge in [-0.3, -0.25) is 0 Å². The molecule has 14 heavy (non-hydrogen) atoms. The lowest BCUT2D eigenvalue weighted by Crippen LogP contribution is -2.09. The Hall–Kier alpha value is -0.880. The molecule has 0 saturated carbocycles. The highest BCUT2D eigenvalue weighted by Crippen LogP contribution is 2.25. The highest BCUT2D eigenvalue weighted by Gasteiger charge is 2.06. The lowest BCUT2D eigenvalue weighted by Gasteiger charge is -2.09. The van der Waals surface area contributed by atoms with Crippen molar-refractivity contribution >= 4 is 27.6 Å². The monoisotopic (exact) mass is 260 g/mol. The normalized spacial score (nSPS) is 9.93. The summed E-state index contributed by atoms with van der Waals surface area (Å²) in [6.45, 7) is 3.35. The van der Waals surface area contributed by atoms with Crippen LogP contribution in [0.15, 0.2) is 10.8 Å². The van der Waals surface area contributed by atoms with Crippen molar-refractivity contribution in [3.8, 4) is 0 Å². The number of halogens is 1. The Kier molecular flexibility index (Phi) is 4.61. The summed E-state index contributed by atoms with van der Waals surface area (Å²) in [5.41, 5.74) is 0. The van der Waals surface area contributed by atoms with E-state index in [2.05, 4.69) is 36.5 Å². The average Bonchev–Trinajstić information content (AvgIpc) is 2.20. The molecule has 0 aromatic carbocycles. The molecule has 0 fully saturated rings. The molecule has 5 nitrogen and oxygen atoms in total. The third-order valence-corrected chi connectivity index (χ3v) is 2.29. The van der Waals surface area contributed by atoms with Gasteiger partial charge in [-0.15, -0.1) is 0 Å². The van der Waals surface area contributed by atoms with E-state index >= 15 is 0 Å². The van der Waals surface area contributed by atoms with Crippen molar-refractivity contribution in [2.45, 2.75) is 6.92 Å². The minimum atomic E-state index is 0.0764. The SMILES string of the molecule is CCNc1ncnc(NCCO)c1Br. The number of nitrogens with one attached hydrogen (secondary N) is 2. The van der Waals surface area contributed by atoms with E-state index in [0.717, 1.165) is 16.8 Å². The summed E-state index contributed by atoms with van der Waals surface area (Å²) in [5.74, 6) is 1.44. The molecule has 0 saturated heterocycles. The van der Waals surface area contributed by atoms with Crippen LogP contribution in [0.4, 0.5) is 11.6 Å². The Morgan fingerprint density at radius 1 is 1.36 bits per heavy atom. The first-order valence-electron chi connectivity index (χ1n) is 4.38. The first kappa shape index (κ1) is 11.2. The average molecular weight is 261 g/mol. The Bertz CT molecular complexity index is 295.